The van der Waals surface area contributed by atoms with Gasteiger partial charge in [0.1, 0.15) is 11.4 Å². The summed E-state index contributed by atoms with van der Waals surface area (Å²) in [6, 6.07) is 3.65. The van der Waals surface area contributed by atoms with E-state index in [-0.39, 0.29) is 23.8 Å². The molecule has 0 atom stereocenters. The zero-order valence-electron chi connectivity index (χ0n) is 15.1. The first-order valence-corrected chi connectivity index (χ1v) is 8.26. The zero-order chi connectivity index (χ0) is 19.8. The molecule has 1 fully saturated rings. The van der Waals surface area contributed by atoms with E-state index >= 15 is 0 Å². The predicted octanol–water partition coefficient (Wildman–Crippen LogP) is 2.32. The molecule has 0 saturated carbocycles. The number of nitrogens with zero attached hydrogens (tertiary/aromatic N) is 2. The van der Waals surface area contributed by atoms with E-state index in [0.29, 0.717) is 30.4 Å². The van der Waals surface area contributed by atoms with Gasteiger partial charge in [-0.2, -0.15) is 0 Å². The van der Waals surface area contributed by atoms with E-state index in [9.17, 15) is 9.90 Å². The Balaban J connectivity index is 0.000000817. The Morgan fingerprint density at radius 3 is 2.52 bits per heavy atom. The monoisotopic (exact) mass is 378 g/mol. The van der Waals surface area contributed by atoms with Gasteiger partial charge in [0.05, 0.1) is 14.2 Å². The van der Waals surface area contributed by atoms with Gasteiger partial charge < -0.3 is 29.0 Å². The maximum atomic E-state index is 11.9. The Hall–Kier alpha value is -3.07. The average molecular weight is 378 g/mol. The number of aromatic carboxylic acids is 1. The maximum absolute atomic E-state index is 11.9. The van der Waals surface area contributed by atoms with E-state index < -0.39 is 5.97 Å². The van der Waals surface area contributed by atoms with Crippen molar-refractivity contribution < 1.29 is 34.0 Å². The molecule has 0 aliphatic carbocycles. The highest BCUT2D eigenvalue weighted by Gasteiger charge is 2.26. The largest absolute Gasteiger partial charge is 0.493 e. The number of imidazole rings is 1. The van der Waals surface area contributed by atoms with Crippen molar-refractivity contribution in [3.05, 3.63) is 30.1 Å². The first kappa shape index (κ1) is 20.2. The predicted molar refractivity (Wildman–Crippen MR) is 95.5 cm³/mol. The fraction of sp³-hybridized carbons (Fsp3) is 0.389. The second-order valence-electron chi connectivity index (χ2n) is 5.64. The Morgan fingerprint density at radius 1 is 1.30 bits per heavy atom. The SMILES string of the molecule is COc1ccc(-c2nccn2C2CCOCC2)c(C(=O)O)c1OC.O=CO. The van der Waals surface area contributed by atoms with Crippen LogP contribution in [0.25, 0.3) is 11.4 Å². The van der Waals surface area contributed by atoms with Crippen LogP contribution in [0, 0.1) is 0 Å². The van der Waals surface area contributed by atoms with Crippen LogP contribution in [0.2, 0.25) is 0 Å². The van der Waals surface area contributed by atoms with E-state index in [1.54, 1.807) is 18.3 Å². The molecule has 0 unspecified atom stereocenters. The number of benzene rings is 1. The molecular weight excluding hydrogens is 356 g/mol. The smallest absolute Gasteiger partial charge is 0.340 e. The number of methoxy groups -OCH3 is 2. The van der Waals surface area contributed by atoms with Gasteiger partial charge in [-0.25, -0.2) is 9.78 Å². The van der Waals surface area contributed by atoms with Gasteiger partial charge in [0.15, 0.2) is 11.5 Å². The molecule has 0 amide bonds. The van der Waals surface area contributed by atoms with Crippen molar-refractivity contribution in [3.8, 4) is 22.9 Å². The molecule has 0 radical (unpaired) electrons. The first-order valence-electron chi connectivity index (χ1n) is 8.26. The number of carboxylic acids is 1. The summed E-state index contributed by atoms with van der Waals surface area (Å²) in [6.07, 6.45) is 5.32. The molecule has 1 aliphatic rings. The zero-order valence-corrected chi connectivity index (χ0v) is 15.1. The Labute approximate surface area is 156 Å². The molecule has 0 spiro atoms. The van der Waals surface area contributed by atoms with Crippen molar-refractivity contribution in [2.45, 2.75) is 18.9 Å². The van der Waals surface area contributed by atoms with E-state index in [0.717, 1.165) is 12.8 Å². The summed E-state index contributed by atoms with van der Waals surface area (Å²) in [7, 11) is 2.91. The second-order valence-corrected chi connectivity index (χ2v) is 5.64. The summed E-state index contributed by atoms with van der Waals surface area (Å²) < 4.78 is 17.9. The van der Waals surface area contributed by atoms with Crippen LogP contribution in [-0.2, 0) is 9.53 Å². The molecule has 3 rings (SSSR count). The Morgan fingerprint density at radius 2 is 1.96 bits per heavy atom. The molecule has 0 bridgehead atoms. The van der Waals surface area contributed by atoms with E-state index in [2.05, 4.69) is 4.98 Å². The lowest BCUT2D eigenvalue weighted by molar-refractivity contribution is -0.122. The minimum atomic E-state index is -1.08. The maximum Gasteiger partial charge on any atom is 0.340 e. The van der Waals surface area contributed by atoms with Crippen LogP contribution in [-0.4, -0.2) is 59.6 Å². The van der Waals surface area contributed by atoms with E-state index in [1.807, 2.05) is 10.8 Å². The summed E-state index contributed by atoms with van der Waals surface area (Å²) in [6.45, 7) is 1.14. The number of aromatic nitrogens is 2. The van der Waals surface area contributed by atoms with Crippen LogP contribution in [0.1, 0.15) is 29.2 Å². The number of hydrogen-bond acceptors (Lipinski definition) is 6. The molecule has 27 heavy (non-hydrogen) atoms. The molecule has 1 aromatic heterocycles. The topological polar surface area (TPSA) is 120 Å². The van der Waals surface area contributed by atoms with Crippen molar-refractivity contribution in [3.63, 3.8) is 0 Å². The molecule has 146 valence electrons. The van der Waals surface area contributed by atoms with Crippen molar-refractivity contribution in [1.29, 1.82) is 0 Å². The summed E-state index contributed by atoms with van der Waals surface area (Å²) in [5.41, 5.74) is 0.563. The standard InChI is InChI=1S/C17H20N2O5.CH2O2/c1-22-13-4-3-12(14(17(20)21)15(13)23-2)16-18-7-8-19(16)11-5-9-24-10-6-11;2-1-3/h3-4,7-8,11H,5-6,9-10H2,1-2H3,(H,20,21);1H,(H,2,3). The van der Waals surface area contributed by atoms with Gasteiger partial charge in [-0.15, -0.1) is 0 Å². The molecule has 1 aromatic carbocycles. The van der Waals surface area contributed by atoms with Crippen LogP contribution in [0.5, 0.6) is 11.5 Å². The number of rotatable bonds is 5. The molecule has 2 N–H and O–H groups in total. The van der Waals surface area contributed by atoms with Gasteiger partial charge in [0.25, 0.3) is 6.47 Å². The third-order valence-corrected chi connectivity index (χ3v) is 4.25. The van der Waals surface area contributed by atoms with Gasteiger partial charge in [0, 0.05) is 37.2 Å². The van der Waals surface area contributed by atoms with Gasteiger partial charge >= 0.3 is 5.97 Å². The van der Waals surface area contributed by atoms with Crippen molar-refractivity contribution >= 4 is 12.4 Å². The molecule has 9 heteroatoms. The molecular formula is C18H22N2O7. The highest BCUT2D eigenvalue weighted by molar-refractivity contribution is 5.99. The van der Waals surface area contributed by atoms with Crippen LogP contribution in [0.3, 0.4) is 0 Å². The van der Waals surface area contributed by atoms with Gasteiger partial charge in [-0.05, 0) is 25.0 Å². The highest BCUT2D eigenvalue weighted by atomic mass is 16.5. The van der Waals surface area contributed by atoms with E-state index in [1.165, 1.54) is 14.2 Å². The molecule has 2 heterocycles. The fourth-order valence-electron chi connectivity index (χ4n) is 3.11. The molecule has 9 nitrogen and oxygen atoms in total. The Bertz CT molecular complexity index is 782. The lowest BCUT2D eigenvalue weighted by Gasteiger charge is -2.25. The molecule has 1 aliphatic heterocycles. The molecule has 1 saturated heterocycles. The minimum Gasteiger partial charge on any atom is -0.493 e. The fourth-order valence-corrected chi connectivity index (χ4v) is 3.11. The van der Waals surface area contributed by atoms with Crippen LogP contribution < -0.4 is 9.47 Å². The Kier molecular flexibility index (Phi) is 7.18. The third-order valence-electron chi connectivity index (χ3n) is 4.25. The number of carboxylic acid groups (broad SMARTS) is 2. The average Bonchev–Trinajstić information content (AvgIpc) is 3.17. The first-order chi connectivity index (χ1) is 13.1. The normalized spacial score (nSPS) is 14.0. The van der Waals surface area contributed by atoms with Crippen LogP contribution >= 0.6 is 0 Å². The minimum absolute atomic E-state index is 0.0522. The summed E-state index contributed by atoms with van der Waals surface area (Å²) in [5.74, 6) is 0.106. The van der Waals surface area contributed by atoms with E-state index in [4.69, 9.17) is 24.1 Å². The van der Waals surface area contributed by atoms with Gasteiger partial charge in [-0.1, -0.05) is 0 Å². The number of ether oxygens (including phenoxy) is 3. The lowest BCUT2D eigenvalue weighted by atomic mass is 10.0. The van der Waals surface area contributed by atoms with Gasteiger partial charge in [0.2, 0.25) is 0 Å². The second kappa shape index (κ2) is 9.58. The van der Waals surface area contributed by atoms with Crippen LogP contribution in [0.4, 0.5) is 0 Å². The quantitative estimate of drug-likeness (QED) is 0.761. The number of hydrogen-bond donors (Lipinski definition) is 2. The van der Waals surface area contributed by atoms with Crippen molar-refractivity contribution in [1.82, 2.24) is 9.55 Å². The third kappa shape index (κ3) is 4.37. The van der Waals surface area contributed by atoms with Crippen LogP contribution in [0.15, 0.2) is 24.5 Å². The summed E-state index contributed by atoms with van der Waals surface area (Å²) in [5, 5.41) is 16.6. The lowest BCUT2D eigenvalue weighted by Crippen LogP contribution is -2.20. The highest BCUT2D eigenvalue weighted by Crippen LogP contribution is 2.38. The van der Waals surface area contributed by atoms with Crippen molar-refractivity contribution in [2.24, 2.45) is 0 Å². The summed E-state index contributed by atoms with van der Waals surface area (Å²) >= 11 is 0. The van der Waals surface area contributed by atoms with Gasteiger partial charge in [-0.3, -0.25) is 4.79 Å². The molecule has 2 aromatic rings. The summed E-state index contributed by atoms with van der Waals surface area (Å²) in [4.78, 5) is 24.6. The van der Waals surface area contributed by atoms with Crippen molar-refractivity contribution in [2.75, 3.05) is 27.4 Å². The number of carbonyl (C=O) groups is 2.